The van der Waals surface area contributed by atoms with Crippen LogP contribution < -0.4 is 5.32 Å². The zero-order valence-corrected chi connectivity index (χ0v) is 16.0. The summed E-state index contributed by atoms with van der Waals surface area (Å²) < 4.78 is 0. The summed E-state index contributed by atoms with van der Waals surface area (Å²) >= 11 is 0. The van der Waals surface area contributed by atoms with E-state index in [4.69, 9.17) is 0 Å². The molecular formula is C24H21N3O2. The molecule has 1 atom stereocenters. The van der Waals surface area contributed by atoms with E-state index >= 15 is 0 Å². The fourth-order valence-corrected chi connectivity index (χ4v) is 3.48. The number of nitrogens with one attached hydrogen (secondary N) is 1. The maximum atomic E-state index is 13.3. The minimum absolute atomic E-state index is 0.114. The minimum atomic E-state index is -0.332. The van der Waals surface area contributed by atoms with E-state index in [1.165, 1.54) is 0 Å². The van der Waals surface area contributed by atoms with Crippen LogP contribution in [0.1, 0.15) is 35.3 Å². The van der Waals surface area contributed by atoms with E-state index in [0.29, 0.717) is 23.0 Å². The number of hydrogen-bond acceptors (Lipinski definition) is 4. The molecule has 0 spiro atoms. The summed E-state index contributed by atoms with van der Waals surface area (Å²) in [6, 6.07) is 20.3. The van der Waals surface area contributed by atoms with Crippen LogP contribution in [0.5, 0.6) is 5.75 Å². The summed E-state index contributed by atoms with van der Waals surface area (Å²) in [6.45, 7) is 2.01. The molecule has 2 aromatic carbocycles. The highest BCUT2D eigenvalue weighted by Gasteiger charge is 2.23. The van der Waals surface area contributed by atoms with Crippen molar-refractivity contribution in [2.24, 2.45) is 0 Å². The van der Waals surface area contributed by atoms with Crippen molar-refractivity contribution < 1.29 is 9.90 Å². The molecule has 0 aliphatic carbocycles. The minimum Gasteiger partial charge on any atom is -0.505 e. The third kappa shape index (κ3) is 3.67. The predicted molar refractivity (Wildman–Crippen MR) is 114 cm³/mol. The van der Waals surface area contributed by atoms with Crippen molar-refractivity contribution >= 4 is 16.8 Å². The van der Waals surface area contributed by atoms with E-state index in [1.54, 1.807) is 18.5 Å². The highest BCUT2D eigenvalue weighted by molar-refractivity contribution is 6.10. The lowest BCUT2D eigenvalue weighted by molar-refractivity contribution is 0.0934. The molecule has 1 amide bonds. The summed E-state index contributed by atoms with van der Waals surface area (Å²) in [7, 11) is 0. The molecule has 0 aliphatic rings. The van der Waals surface area contributed by atoms with Crippen LogP contribution >= 0.6 is 0 Å². The van der Waals surface area contributed by atoms with E-state index < -0.39 is 0 Å². The molecule has 0 saturated carbocycles. The van der Waals surface area contributed by atoms with Gasteiger partial charge in [0.1, 0.15) is 5.69 Å². The van der Waals surface area contributed by atoms with Gasteiger partial charge in [-0.15, -0.1) is 0 Å². The van der Waals surface area contributed by atoms with Crippen LogP contribution in [-0.4, -0.2) is 21.0 Å². The fraction of sp³-hybridized carbons (Fsp3) is 0.125. The molecule has 5 nitrogen and oxygen atoms in total. The average molecular weight is 383 g/mol. The zero-order chi connectivity index (χ0) is 20.2. The molecule has 0 aliphatic heterocycles. The largest absolute Gasteiger partial charge is 0.505 e. The Kier molecular flexibility index (Phi) is 5.20. The van der Waals surface area contributed by atoms with Crippen molar-refractivity contribution in [3.05, 3.63) is 90.3 Å². The number of hydrogen-bond donors (Lipinski definition) is 2. The molecule has 1 unspecified atom stereocenters. The van der Waals surface area contributed by atoms with Gasteiger partial charge in [-0.25, -0.2) is 4.98 Å². The van der Waals surface area contributed by atoms with Crippen LogP contribution in [-0.2, 0) is 0 Å². The van der Waals surface area contributed by atoms with Crippen LogP contribution in [0.4, 0.5) is 0 Å². The lowest BCUT2D eigenvalue weighted by Crippen LogP contribution is -2.28. The van der Waals surface area contributed by atoms with Crippen LogP contribution in [0, 0.1) is 0 Å². The van der Waals surface area contributed by atoms with E-state index in [9.17, 15) is 9.90 Å². The first kappa shape index (κ1) is 18.6. The first-order valence-corrected chi connectivity index (χ1v) is 9.57. The molecule has 0 radical (unpaired) electrons. The summed E-state index contributed by atoms with van der Waals surface area (Å²) in [5.74, 6) is -0.445. The van der Waals surface area contributed by atoms with Gasteiger partial charge in [0.25, 0.3) is 5.91 Å². The first-order valence-electron chi connectivity index (χ1n) is 9.57. The van der Waals surface area contributed by atoms with Gasteiger partial charge in [-0.3, -0.25) is 9.78 Å². The summed E-state index contributed by atoms with van der Waals surface area (Å²) in [6.07, 6.45) is 4.12. The standard InChI is InChI=1S/C24H21N3O2/c1-2-19(16-12-14-25-15-13-16)27-24(29)21-18-10-6-7-11-20(18)26-22(23(21)28)17-8-4-3-5-9-17/h3-15,19,28H,2H2,1H3,(H,27,29). The van der Waals surface area contributed by atoms with Gasteiger partial charge in [0, 0.05) is 23.3 Å². The van der Waals surface area contributed by atoms with Crippen molar-refractivity contribution in [2.45, 2.75) is 19.4 Å². The van der Waals surface area contributed by atoms with Gasteiger partial charge in [-0.05, 0) is 30.2 Å². The highest BCUT2D eigenvalue weighted by atomic mass is 16.3. The quantitative estimate of drug-likeness (QED) is 0.515. The number of para-hydroxylation sites is 1. The van der Waals surface area contributed by atoms with Crippen LogP contribution in [0.2, 0.25) is 0 Å². The van der Waals surface area contributed by atoms with Crippen molar-refractivity contribution in [2.75, 3.05) is 0 Å². The fourth-order valence-electron chi connectivity index (χ4n) is 3.48. The summed E-state index contributed by atoms with van der Waals surface area (Å²) in [4.78, 5) is 21.9. The number of amides is 1. The van der Waals surface area contributed by atoms with E-state index in [0.717, 1.165) is 11.1 Å². The molecular weight excluding hydrogens is 362 g/mol. The lowest BCUT2D eigenvalue weighted by Gasteiger charge is -2.19. The van der Waals surface area contributed by atoms with Gasteiger partial charge in [0.2, 0.25) is 0 Å². The second-order valence-corrected chi connectivity index (χ2v) is 6.78. The van der Waals surface area contributed by atoms with Crippen molar-refractivity contribution in [1.82, 2.24) is 15.3 Å². The van der Waals surface area contributed by atoms with E-state index in [2.05, 4.69) is 15.3 Å². The van der Waals surface area contributed by atoms with Gasteiger partial charge in [-0.1, -0.05) is 55.5 Å². The molecule has 144 valence electrons. The topological polar surface area (TPSA) is 75.1 Å². The summed E-state index contributed by atoms with van der Waals surface area (Å²) in [5.41, 5.74) is 3.02. The number of fused-ring (bicyclic) bond motifs is 1. The normalized spacial score (nSPS) is 11.9. The number of carbonyl (C=O) groups is 1. The third-order valence-electron chi connectivity index (χ3n) is 4.96. The number of rotatable bonds is 5. The number of aromatic nitrogens is 2. The molecule has 29 heavy (non-hydrogen) atoms. The molecule has 2 N–H and O–H groups in total. The molecule has 2 heterocycles. The Bertz CT molecular complexity index is 1140. The smallest absolute Gasteiger partial charge is 0.256 e. The number of carbonyl (C=O) groups excluding carboxylic acids is 1. The van der Waals surface area contributed by atoms with Crippen molar-refractivity contribution in [3.8, 4) is 17.0 Å². The number of nitrogens with zero attached hydrogens (tertiary/aromatic N) is 2. The Morgan fingerprint density at radius 3 is 2.41 bits per heavy atom. The van der Waals surface area contributed by atoms with Crippen LogP contribution in [0.3, 0.4) is 0 Å². The molecule has 4 rings (SSSR count). The summed E-state index contributed by atoms with van der Waals surface area (Å²) in [5, 5.41) is 14.7. The monoisotopic (exact) mass is 383 g/mol. The number of benzene rings is 2. The molecule has 4 aromatic rings. The zero-order valence-electron chi connectivity index (χ0n) is 16.0. The molecule has 0 bridgehead atoms. The van der Waals surface area contributed by atoms with Gasteiger partial charge < -0.3 is 10.4 Å². The predicted octanol–water partition coefficient (Wildman–Crippen LogP) is 4.88. The van der Waals surface area contributed by atoms with Crippen LogP contribution in [0.25, 0.3) is 22.2 Å². The number of aromatic hydroxyl groups is 1. The Balaban J connectivity index is 1.82. The van der Waals surface area contributed by atoms with Crippen molar-refractivity contribution in [3.63, 3.8) is 0 Å². The van der Waals surface area contributed by atoms with Gasteiger partial charge >= 0.3 is 0 Å². The molecule has 5 heteroatoms. The Morgan fingerprint density at radius 2 is 1.69 bits per heavy atom. The second kappa shape index (κ2) is 8.10. The molecule has 2 aromatic heterocycles. The third-order valence-corrected chi connectivity index (χ3v) is 4.96. The van der Waals surface area contributed by atoms with Gasteiger partial charge in [-0.2, -0.15) is 0 Å². The molecule has 0 fully saturated rings. The van der Waals surface area contributed by atoms with Gasteiger partial charge in [0.05, 0.1) is 17.1 Å². The van der Waals surface area contributed by atoms with Crippen LogP contribution in [0.15, 0.2) is 79.1 Å². The second-order valence-electron chi connectivity index (χ2n) is 6.78. The van der Waals surface area contributed by atoms with Gasteiger partial charge in [0.15, 0.2) is 5.75 Å². The number of pyridine rings is 2. The average Bonchev–Trinajstić information content (AvgIpc) is 2.78. The lowest BCUT2D eigenvalue weighted by atomic mass is 10.0. The Labute approximate surface area is 169 Å². The highest BCUT2D eigenvalue weighted by Crippen LogP contribution is 2.35. The van der Waals surface area contributed by atoms with E-state index in [-0.39, 0.29) is 23.3 Å². The first-order chi connectivity index (χ1) is 14.2. The molecule has 0 saturated heterocycles. The SMILES string of the molecule is CCC(NC(=O)c1c(O)c(-c2ccccc2)nc2ccccc12)c1ccncc1. The Morgan fingerprint density at radius 1 is 1.00 bits per heavy atom. The Hall–Kier alpha value is -3.73. The maximum absolute atomic E-state index is 13.3. The maximum Gasteiger partial charge on any atom is 0.256 e. The van der Waals surface area contributed by atoms with E-state index in [1.807, 2.05) is 67.6 Å². The van der Waals surface area contributed by atoms with Crippen molar-refractivity contribution in [1.29, 1.82) is 0 Å².